The van der Waals surface area contributed by atoms with Crippen LogP contribution in [0, 0.1) is 23.4 Å². The van der Waals surface area contributed by atoms with Crippen LogP contribution in [-0.2, 0) is 26.5 Å². The number of nitrogens with two attached hydrogens (primary N) is 1. The predicted molar refractivity (Wildman–Crippen MR) is 147 cm³/mol. The molecule has 3 heterocycles. The first-order valence-electron chi connectivity index (χ1n) is 13.6. The van der Waals surface area contributed by atoms with Gasteiger partial charge in [-0.1, -0.05) is 12.1 Å². The van der Waals surface area contributed by atoms with Crippen LogP contribution in [0.2, 0.25) is 0 Å². The molecule has 3 aliphatic heterocycles. The minimum absolute atomic E-state index is 0.0254. The Morgan fingerprint density at radius 1 is 0.881 bits per heavy atom. The molecule has 0 radical (unpaired) electrons. The molecule has 42 heavy (non-hydrogen) atoms. The maximum absolute atomic E-state index is 14.1. The average molecular weight is 629 g/mol. The monoisotopic (exact) mass is 628 g/mol. The van der Waals surface area contributed by atoms with Gasteiger partial charge in [0.05, 0.1) is 22.6 Å². The smallest absolute Gasteiger partial charge is 0.261 e. The zero-order chi connectivity index (χ0) is 30.4. The van der Waals surface area contributed by atoms with Crippen molar-refractivity contribution in [1.29, 1.82) is 0 Å². The molecule has 10 nitrogen and oxygen atoms in total. The second kappa shape index (κ2) is 11.7. The van der Waals surface area contributed by atoms with Gasteiger partial charge in [-0.3, -0.25) is 14.5 Å². The van der Waals surface area contributed by atoms with E-state index in [1.807, 2.05) is 0 Å². The van der Waals surface area contributed by atoms with Gasteiger partial charge in [0, 0.05) is 37.3 Å². The van der Waals surface area contributed by atoms with Gasteiger partial charge in [-0.2, -0.15) is 4.31 Å². The number of halogens is 3. The summed E-state index contributed by atoms with van der Waals surface area (Å²) in [4.78, 5) is 25.8. The molecule has 0 aliphatic carbocycles. The maximum Gasteiger partial charge on any atom is 0.261 e. The van der Waals surface area contributed by atoms with Crippen molar-refractivity contribution in [2.24, 2.45) is 11.7 Å². The Morgan fingerprint density at radius 2 is 1.45 bits per heavy atom. The fourth-order valence-electron chi connectivity index (χ4n) is 6.28. The SMILES string of the molecule is N[C@H](Cc1cc(F)c(F)cc1F)C1C[C@H]2CC[C@H](C1)N2S(=O)(=O)CCNS(=O)(=O)CCN1C(=O)c2ccccc2C1=O. The van der Waals surface area contributed by atoms with Crippen molar-refractivity contribution in [1.82, 2.24) is 13.9 Å². The van der Waals surface area contributed by atoms with Crippen molar-refractivity contribution in [2.45, 2.75) is 50.2 Å². The number of nitrogens with one attached hydrogen (secondary N) is 1. The summed E-state index contributed by atoms with van der Waals surface area (Å²) in [6, 6.07) is 6.15. The maximum atomic E-state index is 14.1. The first-order chi connectivity index (χ1) is 19.8. The van der Waals surface area contributed by atoms with Crippen LogP contribution in [-0.4, -0.2) is 80.6 Å². The van der Waals surface area contributed by atoms with Crippen LogP contribution in [0.4, 0.5) is 13.2 Å². The van der Waals surface area contributed by atoms with E-state index in [0.29, 0.717) is 31.7 Å². The van der Waals surface area contributed by atoms with Crippen LogP contribution in [0.5, 0.6) is 0 Å². The summed E-state index contributed by atoms with van der Waals surface area (Å²) in [5, 5.41) is 0. The molecule has 2 aromatic rings. The lowest BCUT2D eigenvalue weighted by molar-refractivity contribution is 0.0664. The molecule has 2 bridgehead atoms. The summed E-state index contributed by atoms with van der Waals surface area (Å²) in [6.07, 6.45) is 1.99. The summed E-state index contributed by atoms with van der Waals surface area (Å²) in [7, 11) is -7.86. The van der Waals surface area contributed by atoms with Crippen LogP contribution < -0.4 is 10.5 Å². The van der Waals surface area contributed by atoms with E-state index < -0.39 is 66.9 Å². The molecule has 3 aliphatic rings. The molecule has 3 atom stereocenters. The molecule has 2 fully saturated rings. The molecule has 3 N–H and O–H groups in total. The van der Waals surface area contributed by atoms with Gasteiger partial charge >= 0.3 is 0 Å². The topological polar surface area (TPSA) is 147 Å². The average Bonchev–Trinajstić information content (AvgIpc) is 3.35. The number of nitrogens with zero attached hydrogens (tertiary/aromatic N) is 2. The first kappa shape index (κ1) is 30.6. The number of rotatable bonds is 11. The summed E-state index contributed by atoms with van der Waals surface area (Å²) in [5.74, 6) is -5.73. The van der Waals surface area contributed by atoms with Crippen LogP contribution in [0.15, 0.2) is 36.4 Å². The summed E-state index contributed by atoms with van der Waals surface area (Å²) >= 11 is 0. The van der Waals surface area contributed by atoms with Crippen molar-refractivity contribution in [3.63, 3.8) is 0 Å². The van der Waals surface area contributed by atoms with Gasteiger partial charge in [-0.25, -0.2) is 34.7 Å². The minimum atomic E-state index is -4.00. The van der Waals surface area contributed by atoms with E-state index in [0.717, 1.165) is 11.0 Å². The number of carbonyl (C=O) groups excluding carboxylic acids is 2. The van der Waals surface area contributed by atoms with E-state index in [1.54, 1.807) is 12.1 Å². The molecule has 15 heteroatoms. The number of piperidine rings is 1. The van der Waals surface area contributed by atoms with Crippen LogP contribution in [0.25, 0.3) is 0 Å². The van der Waals surface area contributed by atoms with E-state index in [-0.39, 0.29) is 54.2 Å². The fourth-order valence-corrected chi connectivity index (χ4v) is 9.25. The van der Waals surface area contributed by atoms with E-state index >= 15 is 0 Å². The van der Waals surface area contributed by atoms with Gasteiger partial charge in [0.2, 0.25) is 20.0 Å². The van der Waals surface area contributed by atoms with Crippen LogP contribution >= 0.6 is 0 Å². The second-order valence-electron chi connectivity index (χ2n) is 11.0. The molecule has 0 saturated carbocycles. The largest absolute Gasteiger partial charge is 0.327 e. The third-order valence-electron chi connectivity index (χ3n) is 8.32. The predicted octanol–water partition coefficient (Wildman–Crippen LogP) is 1.76. The Bertz CT molecular complexity index is 1570. The van der Waals surface area contributed by atoms with Gasteiger partial charge in [0.1, 0.15) is 5.82 Å². The van der Waals surface area contributed by atoms with Crippen LogP contribution in [0.3, 0.4) is 0 Å². The zero-order valence-corrected chi connectivity index (χ0v) is 24.1. The second-order valence-corrected chi connectivity index (χ2v) is 14.9. The lowest BCUT2D eigenvalue weighted by atomic mass is 9.83. The molecule has 5 rings (SSSR count). The molecule has 0 aromatic heterocycles. The third kappa shape index (κ3) is 6.11. The molecule has 0 unspecified atom stereocenters. The summed E-state index contributed by atoms with van der Waals surface area (Å²) in [5.41, 5.74) is 6.68. The van der Waals surface area contributed by atoms with E-state index in [9.17, 15) is 39.6 Å². The van der Waals surface area contributed by atoms with Gasteiger partial charge < -0.3 is 5.73 Å². The van der Waals surface area contributed by atoms with Crippen molar-refractivity contribution in [2.75, 3.05) is 24.6 Å². The third-order valence-corrected chi connectivity index (χ3v) is 11.6. The van der Waals surface area contributed by atoms with Crippen molar-refractivity contribution >= 4 is 31.9 Å². The van der Waals surface area contributed by atoms with E-state index in [1.165, 1.54) is 16.4 Å². The highest BCUT2D eigenvalue weighted by atomic mass is 32.2. The number of benzene rings is 2. The Labute approximate surface area is 242 Å². The molecule has 2 saturated heterocycles. The number of fused-ring (bicyclic) bond motifs is 3. The molecular weight excluding hydrogens is 597 g/mol. The Balaban J connectivity index is 1.13. The van der Waals surface area contributed by atoms with E-state index in [4.69, 9.17) is 5.73 Å². The Kier molecular flexibility index (Phi) is 8.51. The first-order valence-corrected chi connectivity index (χ1v) is 16.9. The Hall–Kier alpha value is -2.85. The summed E-state index contributed by atoms with van der Waals surface area (Å²) in [6.45, 7) is -0.762. The normalized spacial score (nSPS) is 23.4. The number of hydrogen-bond acceptors (Lipinski definition) is 7. The van der Waals surface area contributed by atoms with Gasteiger partial charge in [-0.05, 0) is 61.8 Å². The van der Waals surface area contributed by atoms with Crippen molar-refractivity contribution in [3.05, 3.63) is 70.5 Å². The zero-order valence-electron chi connectivity index (χ0n) is 22.5. The number of sulfonamides is 2. The fraction of sp³-hybridized carbons (Fsp3) is 0.481. The molecular formula is C27H31F3N4O6S2. The summed E-state index contributed by atoms with van der Waals surface area (Å²) < 4.78 is 96.3. The molecule has 2 amide bonds. The molecule has 2 aromatic carbocycles. The van der Waals surface area contributed by atoms with Crippen molar-refractivity contribution < 1.29 is 39.6 Å². The molecule has 228 valence electrons. The molecule has 0 spiro atoms. The number of imide groups is 1. The van der Waals surface area contributed by atoms with Gasteiger partial charge in [0.25, 0.3) is 11.8 Å². The minimum Gasteiger partial charge on any atom is -0.327 e. The van der Waals surface area contributed by atoms with Crippen LogP contribution in [0.1, 0.15) is 52.0 Å². The van der Waals surface area contributed by atoms with E-state index in [2.05, 4.69) is 4.72 Å². The number of carbonyl (C=O) groups is 2. The number of hydrogen-bond donors (Lipinski definition) is 2. The highest BCUT2D eigenvalue weighted by Gasteiger charge is 2.47. The highest BCUT2D eigenvalue weighted by Crippen LogP contribution is 2.42. The quantitative estimate of drug-likeness (QED) is 0.285. The van der Waals surface area contributed by atoms with Gasteiger partial charge in [0.15, 0.2) is 11.6 Å². The standard InChI is InChI=1S/C27H31F3N4O6S2/c28-22-15-24(30)23(29)13-16(22)14-25(31)17-11-18-5-6-19(12-17)34(18)42(39,40)9-7-32-41(37,38)10-8-33-26(35)20-3-1-2-4-21(20)27(33)36/h1-4,13,15,17-19,25,32H,5-12,14,31H2/t18-,19-,25-/m1/s1. The lowest BCUT2D eigenvalue weighted by Crippen LogP contribution is -2.51. The highest BCUT2D eigenvalue weighted by molar-refractivity contribution is 7.90. The lowest BCUT2D eigenvalue weighted by Gasteiger charge is -2.40. The van der Waals surface area contributed by atoms with Gasteiger partial charge in [-0.15, -0.1) is 0 Å². The Morgan fingerprint density at radius 3 is 2.05 bits per heavy atom. The number of amides is 2. The van der Waals surface area contributed by atoms with Crippen molar-refractivity contribution in [3.8, 4) is 0 Å².